The summed E-state index contributed by atoms with van der Waals surface area (Å²) in [7, 11) is 0. The van der Waals surface area contributed by atoms with Crippen molar-refractivity contribution in [2.45, 2.75) is 6.92 Å². The number of hydrogen-bond acceptors (Lipinski definition) is 3. The second kappa shape index (κ2) is 4.30. The topological polar surface area (TPSA) is 46.5 Å². The van der Waals surface area contributed by atoms with Crippen LogP contribution in [0.5, 0.6) is 0 Å². The van der Waals surface area contributed by atoms with Crippen molar-refractivity contribution in [1.29, 1.82) is 0 Å². The minimum Gasteiger partial charge on any atom is -0.512 e. The largest absolute Gasteiger partial charge is 0.512 e. The first-order chi connectivity index (χ1) is 6.24. The maximum atomic E-state index is 10.6. The molecule has 0 spiro atoms. The lowest BCUT2D eigenvalue weighted by molar-refractivity contribution is -0.134. The van der Waals surface area contributed by atoms with Crippen molar-refractivity contribution in [3.8, 4) is 0 Å². The number of carbonyl (C=O) groups is 1. The van der Waals surface area contributed by atoms with Gasteiger partial charge in [-0.05, 0) is 0 Å². The van der Waals surface area contributed by atoms with Gasteiger partial charge in [-0.3, -0.25) is 4.79 Å². The van der Waals surface area contributed by atoms with Crippen LogP contribution in [0.25, 0.3) is 5.76 Å². The summed E-state index contributed by atoms with van der Waals surface area (Å²) < 4.78 is 4.76. The van der Waals surface area contributed by atoms with E-state index in [0.717, 1.165) is 6.26 Å². The monoisotopic (exact) mass is 178 g/mol. The average Bonchev–Trinajstić information content (AvgIpc) is 2.15. The van der Waals surface area contributed by atoms with Crippen LogP contribution in [0.15, 0.2) is 36.6 Å². The van der Waals surface area contributed by atoms with Crippen LogP contribution >= 0.6 is 0 Å². The first kappa shape index (κ1) is 9.32. The Hall–Kier alpha value is -1.77. The number of aliphatic hydroxyl groups is 1. The number of rotatable bonds is 2. The molecule has 0 aliphatic heterocycles. The zero-order valence-electron chi connectivity index (χ0n) is 7.23. The Morgan fingerprint density at radius 1 is 1.38 bits per heavy atom. The molecule has 0 aromatic heterocycles. The van der Waals surface area contributed by atoms with Crippen LogP contribution in [0.1, 0.15) is 12.5 Å². The van der Waals surface area contributed by atoms with Gasteiger partial charge in [0.05, 0.1) is 0 Å². The SMILES string of the molecule is CC(=O)OC(=CO)c1ccccc1. The third kappa shape index (κ3) is 2.63. The molecule has 0 radical (unpaired) electrons. The third-order valence-corrected chi connectivity index (χ3v) is 1.43. The molecule has 0 aliphatic rings. The van der Waals surface area contributed by atoms with Crippen LogP contribution in [-0.4, -0.2) is 11.1 Å². The summed E-state index contributed by atoms with van der Waals surface area (Å²) in [6.45, 7) is 1.28. The van der Waals surface area contributed by atoms with Crippen molar-refractivity contribution in [2.24, 2.45) is 0 Å². The smallest absolute Gasteiger partial charge is 0.308 e. The van der Waals surface area contributed by atoms with Crippen molar-refractivity contribution in [1.82, 2.24) is 0 Å². The Balaban J connectivity index is 2.86. The minimum atomic E-state index is -0.454. The van der Waals surface area contributed by atoms with Crippen LogP contribution in [0.2, 0.25) is 0 Å². The summed E-state index contributed by atoms with van der Waals surface area (Å²) >= 11 is 0. The highest BCUT2D eigenvalue weighted by Crippen LogP contribution is 2.14. The predicted molar refractivity (Wildman–Crippen MR) is 48.8 cm³/mol. The number of aliphatic hydroxyl groups excluding tert-OH is 1. The van der Waals surface area contributed by atoms with Crippen molar-refractivity contribution in [2.75, 3.05) is 0 Å². The molecule has 1 rings (SSSR count). The lowest BCUT2D eigenvalue weighted by Gasteiger charge is -2.04. The van der Waals surface area contributed by atoms with E-state index < -0.39 is 5.97 Å². The second-order valence-electron chi connectivity index (χ2n) is 2.45. The summed E-state index contributed by atoms with van der Waals surface area (Å²) in [4.78, 5) is 10.6. The molecule has 1 aromatic rings. The highest BCUT2D eigenvalue weighted by molar-refractivity contribution is 5.75. The molecule has 0 saturated heterocycles. The van der Waals surface area contributed by atoms with Gasteiger partial charge in [-0.1, -0.05) is 30.3 Å². The van der Waals surface area contributed by atoms with E-state index in [1.165, 1.54) is 6.92 Å². The standard InChI is InChI=1S/C10H10O3/c1-8(12)13-10(7-11)9-5-3-2-4-6-9/h2-7,11H,1H3. The van der Waals surface area contributed by atoms with Gasteiger partial charge in [0, 0.05) is 12.5 Å². The molecule has 0 bridgehead atoms. The Morgan fingerprint density at radius 3 is 2.46 bits per heavy atom. The van der Waals surface area contributed by atoms with Gasteiger partial charge in [0.1, 0.15) is 6.26 Å². The van der Waals surface area contributed by atoms with E-state index in [0.29, 0.717) is 5.56 Å². The molecule has 1 aromatic carbocycles. The summed E-state index contributed by atoms with van der Waals surface area (Å²) in [6.07, 6.45) is 0.775. The van der Waals surface area contributed by atoms with Gasteiger partial charge in [0.15, 0.2) is 5.76 Å². The molecule has 3 heteroatoms. The highest BCUT2D eigenvalue weighted by atomic mass is 16.5. The van der Waals surface area contributed by atoms with E-state index in [9.17, 15) is 4.79 Å². The Bertz CT molecular complexity index is 314. The van der Waals surface area contributed by atoms with E-state index in [1.807, 2.05) is 6.07 Å². The highest BCUT2D eigenvalue weighted by Gasteiger charge is 2.04. The zero-order valence-corrected chi connectivity index (χ0v) is 7.23. The van der Waals surface area contributed by atoms with E-state index >= 15 is 0 Å². The van der Waals surface area contributed by atoms with Crippen LogP contribution < -0.4 is 0 Å². The molecule has 0 saturated carbocycles. The first-order valence-corrected chi connectivity index (χ1v) is 3.82. The molecular weight excluding hydrogens is 168 g/mol. The fourth-order valence-corrected chi connectivity index (χ4v) is 0.917. The van der Waals surface area contributed by atoms with E-state index in [2.05, 4.69) is 0 Å². The number of esters is 1. The van der Waals surface area contributed by atoms with Crippen molar-refractivity contribution >= 4 is 11.7 Å². The van der Waals surface area contributed by atoms with Gasteiger partial charge in [-0.2, -0.15) is 0 Å². The molecule has 0 fully saturated rings. The fourth-order valence-electron chi connectivity index (χ4n) is 0.917. The van der Waals surface area contributed by atoms with Gasteiger partial charge in [0.2, 0.25) is 0 Å². The molecule has 0 amide bonds. The lowest BCUT2D eigenvalue weighted by Crippen LogP contribution is -1.98. The molecule has 3 nitrogen and oxygen atoms in total. The van der Waals surface area contributed by atoms with Gasteiger partial charge < -0.3 is 9.84 Å². The number of ether oxygens (including phenoxy) is 1. The fraction of sp³-hybridized carbons (Fsp3) is 0.100. The number of hydrogen-bond donors (Lipinski definition) is 1. The van der Waals surface area contributed by atoms with Gasteiger partial charge in [-0.15, -0.1) is 0 Å². The molecule has 1 N–H and O–H groups in total. The van der Waals surface area contributed by atoms with Gasteiger partial charge >= 0.3 is 5.97 Å². The third-order valence-electron chi connectivity index (χ3n) is 1.43. The minimum absolute atomic E-state index is 0.160. The average molecular weight is 178 g/mol. The maximum absolute atomic E-state index is 10.6. The van der Waals surface area contributed by atoms with E-state index in [1.54, 1.807) is 24.3 Å². The zero-order chi connectivity index (χ0) is 9.68. The Morgan fingerprint density at radius 2 is 2.00 bits per heavy atom. The van der Waals surface area contributed by atoms with Crippen LogP contribution in [0.4, 0.5) is 0 Å². The molecule has 0 aliphatic carbocycles. The molecule has 0 heterocycles. The molecular formula is C10H10O3. The van der Waals surface area contributed by atoms with Crippen molar-refractivity contribution < 1.29 is 14.6 Å². The lowest BCUT2D eigenvalue weighted by atomic mass is 10.2. The summed E-state index contributed by atoms with van der Waals surface area (Å²) in [5.74, 6) is -0.294. The quantitative estimate of drug-likeness (QED) is 0.557. The van der Waals surface area contributed by atoms with Crippen LogP contribution in [-0.2, 0) is 9.53 Å². The van der Waals surface area contributed by atoms with Crippen LogP contribution in [0.3, 0.4) is 0 Å². The molecule has 68 valence electrons. The van der Waals surface area contributed by atoms with Crippen molar-refractivity contribution in [3.05, 3.63) is 42.2 Å². The summed E-state index contributed by atoms with van der Waals surface area (Å²) in [5.41, 5.74) is 0.667. The normalized spacial score (nSPS) is 11.0. The van der Waals surface area contributed by atoms with E-state index in [4.69, 9.17) is 9.84 Å². The second-order valence-corrected chi connectivity index (χ2v) is 2.45. The Labute approximate surface area is 76.3 Å². The first-order valence-electron chi connectivity index (χ1n) is 3.82. The van der Waals surface area contributed by atoms with E-state index in [-0.39, 0.29) is 5.76 Å². The summed E-state index contributed by atoms with van der Waals surface area (Å²) in [6, 6.07) is 8.91. The molecule has 0 unspecified atom stereocenters. The van der Waals surface area contributed by atoms with Gasteiger partial charge in [-0.25, -0.2) is 0 Å². The van der Waals surface area contributed by atoms with Gasteiger partial charge in [0.25, 0.3) is 0 Å². The van der Waals surface area contributed by atoms with Crippen LogP contribution in [0, 0.1) is 0 Å². The maximum Gasteiger partial charge on any atom is 0.308 e. The van der Waals surface area contributed by atoms with Crippen molar-refractivity contribution in [3.63, 3.8) is 0 Å². The molecule has 0 atom stereocenters. The predicted octanol–water partition coefficient (Wildman–Crippen LogP) is 2.11. The Kier molecular flexibility index (Phi) is 3.09. The molecule has 13 heavy (non-hydrogen) atoms. The summed E-state index contributed by atoms with van der Waals surface area (Å²) in [5, 5.41) is 8.79. The number of benzene rings is 1. The number of carbonyl (C=O) groups excluding carboxylic acids is 1.